The van der Waals surface area contributed by atoms with Gasteiger partial charge in [-0.15, -0.1) is 0 Å². The molecule has 1 aliphatic rings. The van der Waals surface area contributed by atoms with Crippen molar-refractivity contribution in [1.82, 2.24) is 5.32 Å². The highest BCUT2D eigenvalue weighted by molar-refractivity contribution is 9.10. The number of rotatable bonds is 5. The monoisotopic (exact) mass is 311 g/mol. The van der Waals surface area contributed by atoms with Gasteiger partial charge in [0.2, 0.25) is 0 Å². The van der Waals surface area contributed by atoms with E-state index in [2.05, 4.69) is 59.4 Å². The van der Waals surface area contributed by atoms with Gasteiger partial charge >= 0.3 is 0 Å². The van der Waals surface area contributed by atoms with Crippen LogP contribution < -0.4 is 5.32 Å². The normalized spacial score (nSPS) is 25.3. The molecule has 2 nitrogen and oxygen atoms in total. The number of hydrogen-bond donors (Lipinski definition) is 1. The summed E-state index contributed by atoms with van der Waals surface area (Å²) in [7, 11) is 0. The summed E-state index contributed by atoms with van der Waals surface area (Å²) in [5.74, 6) is 0.581. The van der Waals surface area contributed by atoms with Crippen LogP contribution >= 0.6 is 15.9 Å². The van der Waals surface area contributed by atoms with Crippen molar-refractivity contribution >= 4 is 15.9 Å². The van der Waals surface area contributed by atoms with Gasteiger partial charge in [-0.3, -0.25) is 0 Å². The summed E-state index contributed by atoms with van der Waals surface area (Å²) < 4.78 is 6.86. The van der Waals surface area contributed by atoms with Crippen LogP contribution in [0.4, 0.5) is 0 Å². The lowest BCUT2D eigenvalue weighted by Gasteiger charge is -2.27. The Labute approximate surface area is 118 Å². The van der Waals surface area contributed by atoms with Crippen molar-refractivity contribution in [3.63, 3.8) is 0 Å². The van der Waals surface area contributed by atoms with Crippen molar-refractivity contribution < 1.29 is 4.74 Å². The maximum absolute atomic E-state index is 5.72. The molecule has 1 aromatic rings. The van der Waals surface area contributed by atoms with E-state index in [-0.39, 0.29) is 0 Å². The van der Waals surface area contributed by atoms with E-state index in [0.29, 0.717) is 18.1 Å². The minimum absolute atomic E-state index is 0.350. The van der Waals surface area contributed by atoms with Crippen LogP contribution in [0.1, 0.15) is 38.3 Å². The first-order chi connectivity index (χ1) is 8.72. The molecule has 1 N–H and O–H groups in total. The first kappa shape index (κ1) is 14.0. The second-order valence-electron chi connectivity index (χ2n) is 5.01. The molecule has 0 aromatic heterocycles. The van der Waals surface area contributed by atoms with Gasteiger partial charge in [0, 0.05) is 23.0 Å². The van der Waals surface area contributed by atoms with Crippen molar-refractivity contribution in [2.24, 2.45) is 5.92 Å². The fourth-order valence-electron chi connectivity index (χ4n) is 2.67. The molecule has 1 fully saturated rings. The van der Waals surface area contributed by atoms with Crippen LogP contribution in [0, 0.1) is 5.92 Å². The van der Waals surface area contributed by atoms with Crippen LogP contribution in [0.2, 0.25) is 0 Å². The Morgan fingerprint density at radius 1 is 1.39 bits per heavy atom. The molecule has 1 saturated heterocycles. The van der Waals surface area contributed by atoms with Gasteiger partial charge in [0.1, 0.15) is 0 Å². The number of hydrogen-bond acceptors (Lipinski definition) is 2. The summed E-state index contributed by atoms with van der Waals surface area (Å²) in [5.41, 5.74) is 1.37. The molecule has 3 atom stereocenters. The molecule has 18 heavy (non-hydrogen) atoms. The van der Waals surface area contributed by atoms with Crippen molar-refractivity contribution in [3.05, 3.63) is 34.3 Å². The summed E-state index contributed by atoms with van der Waals surface area (Å²) in [6.45, 7) is 6.36. The number of ether oxygens (including phenoxy) is 1. The highest BCUT2D eigenvalue weighted by Gasteiger charge is 2.32. The van der Waals surface area contributed by atoms with E-state index in [1.165, 1.54) is 5.56 Å². The molecule has 1 heterocycles. The summed E-state index contributed by atoms with van der Waals surface area (Å²) >= 11 is 3.50. The zero-order valence-electron chi connectivity index (χ0n) is 11.2. The fraction of sp³-hybridized carbons (Fsp3) is 0.600. The van der Waals surface area contributed by atoms with Gasteiger partial charge in [-0.25, -0.2) is 0 Å². The molecule has 100 valence electrons. The largest absolute Gasteiger partial charge is 0.378 e. The maximum Gasteiger partial charge on any atom is 0.0594 e. The predicted molar refractivity (Wildman–Crippen MR) is 78.7 cm³/mol. The van der Waals surface area contributed by atoms with E-state index in [1.807, 2.05) is 0 Å². The molecular formula is C15H22BrNO. The Hall–Kier alpha value is -0.380. The topological polar surface area (TPSA) is 21.3 Å². The fourth-order valence-corrected chi connectivity index (χ4v) is 2.94. The zero-order valence-corrected chi connectivity index (χ0v) is 12.7. The molecule has 1 aromatic carbocycles. The van der Waals surface area contributed by atoms with Crippen molar-refractivity contribution in [2.75, 3.05) is 13.2 Å². The predicted octanol–water partition coefficient (Wildman–Crippen LogP) is 3.91. The first-order valence-corrected chi connectivity index (χ1v) is 7.62. The molecule has 0 aliphatic carbocycles. The van der Waals surface area contributed by atoms with E-state index in [4.69, 9.17) is 4.74 Å². The summed E-state index contributed by atoms with van der Waals surface area (Å²) in [4.78, 5) is 0. The van der Waals surface area contributed by atoms with Crippen LogP contribution in [-0.2, 0) is 4.74 Å². The Kier molecular flexibility index (Phi) is 5.22. The molecule has 0 spiro atoms. The summed E-state index contributed by atoms with van der Waals surface area (Å²) in [6, 6.07) is 9.08. The van der Waals surface area contributed by atoms with Crippen LogP contribution in [0.15, 0.2) is 28.7 Å². The van der Waals surface area contributed by atoms with Crippen molar-refractivity contribution in [2.45, 2.75) is 38.8 Å². The van der Waals surface area contributed by atoms with Gasteiger partial charge in [0.15, 0.2) is 0 Å². The lowest BCUT2D eigenvalue weighted by molar-refractivity contribution is 0.0954. The van der Waals surface area contributed by atoms with Crippen molar-refractivity contribution in [3.8, 4) is 0 Å². The smallest absolute Gasteiger partial charge is 0.0594 e. The molecule has 0 amide bonds. The second-order valence-corrected chi connectivity index (χ2v) is 5.93. The van der Waals surface area contributed by atoms with Gasteiger partial charge in [0.05, 0.1) is 6.10 Å². The zero-order chi connectivity index (χ0) is 13.0. The third-order valence-corrected chi connectivity index (χ3v) is 4.24. The van der Waals surface area contributed by atoms with E-state index >= 15 is 0 Å². The Morgan fingerprint density at radius 3 is 2.67 bits per heavy atom. The lowest BCUT2D eigenvalue weighted by Crippen LogP contribution is -2.32. The van der Waals surface area contributed by atoms with Gasteiger partial charge in [-0.05, 0) is 44.0 Å². The van der Waals surface area contributed by atoms with E-state index in [1.54, 1.807) is 0 Å². The third-order valence-electron chi connectivity index (χ3n) is 3.71. The summed E-state index contributed by atoms with van der Waals surface area (Å²) in [6.07, 6.45) is 2.66. The Bertz CT molecular complexity index is 365. The minimum Gasteiger partial charge on any atom is -0.378 e. The van der Waals surface area contributed by atoms with Crippen LogP contribution in [0.25, 0.3) is 0 Å². The quantitative estimate of drug-likeness (QED) is 0.890. The first-order valence-electron chi connectivity index (χ1n) is 6.83. The SMILES string of the molecule is CCCNC(c1ccc(Br)cc1)C1CCOC1C. The van der Waals surface area contributed by atoms with Gasteiger partial charge in [-0.1, -0.05) is 35.0 Å². The Balaban J connectivity index is 2.15. The van der Waals surface area contributed by atoms with Crippen LogP contribution in [-0.4, -0.2) is 19.3 Å². The number of benzene rings is 1. The second kappa shape index (κ2) is 6.69. The highest BCUT2D eigenvalue weighted by atomic mass is 79.9. The number of halogens is 1. The van der Waals surface area contributed by atoms with Crippen LogP contribution in [0.5, 0.6) is 0 Å². The van der Waals surface area contributed by atoms with Crippen molar-refractivity contribution in [1.29, 1.82) is 0 Å². The highest BCUT2D eigenvalue weighted by Crippen LogP contribution is 2.33. The third kappa shape index (κ3) is 3.34. The maximum atomic E-state index is 5.72. The van der Waals surface area contributed by atoms with E-state index in [9.17, 15) is 0 Å². The molecule has 2 rings (SSSR count). The molecule has 0 saturated carbocycles. The average Bonchev–Trinajstić information content (AvgIpc) is 2.78. The molecule has 1 aliphatic heterocycles. The molecule has 3 unspecified atom stereocenters. The van der Waals surface area contributed by atoms with E-state index in [0.717, 1.165) is 30.5 Å². The van der Waals surface area contributed by atoms with Crippen LogP contribution in [0.3, 0.4) is 0 Å². The lowest BCUT2D eigenvalue weighted by atomic mass is 9.88. The molecular weight excluding hydrogens is 290 g/mol. The molecule has 3 heteroatoms. The van der Waals surface area contributed by atoms with Gasteiger partial charge in [-0.2, -0.15) is 0 Å². The van der Waals surface area contributed by atoms with Gasteiger partial charge in [0.25, 0.3) is 0 Å². The molecule has 0 radical (unpaired) electrons. The summed E-state index contributed by atoms with van der Waals surface area (Å²) in [5, 5.41) is 3.68. The molecule has 0 bridgehead atoms. The van der Waals surface area contributed by atoms with E-state index < -0.39 is 0 Å². The standard InChI is InChI=1S/C15H22BrNO/c1-3-9-17-15(14-8-10-18-11(14)2)12-4-6-13(16)7-5-12/h4-7,11,14-15,17H,3,8-10H2,1-2H3. The van der Waals surface area contributed by atoms with Gasteiger partial charge < -0.3 is 10.1 Å². The number of nitrogens with one attached hydrogen (secondary N) is 1. The Morgan fingerprint density at radius 2 is 2.11 bits per heavy atom. The minimum atomic E-state index is 0.350. The average molecular weight is 312 g/mol.